The van der Waals surface area contributed by atoms with Crippen LogP contribution < -0.4 is 4.74 Å². The van der Waals surface area contributed by atoms with Crippen LogP contribution in [0.2, 0.25) is 0 Å². The minimum atomic E-state index is -0.859. The molecule has 0 aliphatic heterocycles. The lowest BCUT2D eigenvalue weighted by atomic mass is 9.84. The number of hydrogen-bond acceptors (Lipinski definition) is 3. The lowest BCUT2D eigenvalue weighted by Gasteiger charge is -2.24. The summed E-state index contributed by atoms with van der Waals surface area (Å²) in [7, 11) is 1.56. The number of ether oxygens (including phenoxy) is 1. The monoisotopic (exact) mass is 283 g/mol. The Morgan fingerprint density at radius 3 is 2.62 bits per heavy atom. The Kier molecular flexibility index (Phi) is 3.95. The fraction of sp³-hybridized carbons (Fsp3) is 0.417. The van der Waals surface area contributed by atoms with E-state index in [1.165, 1.54) is 0 Å². The molecule has 0 aliphatic rings. The molecular weight excluding hydrogens is 270 g/mol. The van der Waals surface area contributed by atoms with Gasteiger partial charge in [0, 0.05) is 4.47 Å². The Morgan fingerprint density at radius 1 is 1.50 bits per heavy atom. The van der Waals surface area contributed by atoms with Crippen LogP contribution in [0.15, 0.2) is 22.7 Å². The van der Waals surface area contributed by atoms with Crippen LogP contribution in [0, 0.1) is 16.7 Å². The van der Waals surface area contributed by atoms with Crippen molar-refractivity contribution in [1.29, 1.82) is 5.26 Å². The third-order valence-electron chi connectivity index (χ3n) is 2.47. The minimum absolute atomic E-state index is 0.658. The Labute approximate surface area is 104 Å². The summed E-state index contributed by atoms with van der Waals surface area (Å²) in [5.41, 5.74) is -0.180. The molecule has 0 aliphatic carbocycles. The molecule has 1 aromatic carbocycles. The number of nitriles is 1. The first kappa shape index (κ1) is 13.0. The topological polar surface area (TPSA) is 53.2 Å². The van der Waals surface area contributed by atoms with E-state index in [2.05, 4.69) is 22.0 Å². The van der Waals surface area contributed by atoms with Crippen molar-refractivity contribution >= 4 is 15.9 Å². The number of hydrogen-bond donors (Lipinski definition) is 1. The van der Waals surface area contributed by atoms with E-state index < -0.39 is 11.5 Å². The molecule has 1 aromatic rings. The highest BCUT2D eigenvalue weighted by atomic mass is 79.9. The van der Waals surface area contributed by atoms with Crippen LogP contribution in [0.25, 0.3) is 0 Å². The van der Waals surface area contributed by atoms with E-state index in [-0.39, 0.29) is 0 Å². The molecule has 4 heteroatoms. The molecule has 86 valence electrons. The number of methoxy groups -OCH3 is 1. The summed E-state index contributed by atoms with van der Waals surface area (Å²) in [6.07, 6.45) is -0.859. The van der Waals surface area contributed by atoms with E-state index in [9.17, 15) is 5.11 Å². The van der Waals surface area contributed by atoms with Gasteiger partial charge in [-0.25, -0.2) is 0 Å². The maximum atomic E-state index is 10.1. The van der Waals surface area contributed by atoms with Gasteiger partial charge in [0.05, 0.1) is 24.7 Å². The van der Waals surface area contributed by atoms with Crippen molar-refractivity contribution < 1.29 is 9.84 Å². The molecule has 3 nitrogen and oxygen atoms in total. The van der Waals surface area contributed by atoms with E-state index in [4.69, 9.17) is 10.00 Å². The second-order valence-corrected chi connectivity index (χ2v) is 4.98. The van der Waals surface area contributed by atoms with Gasteiger partial charge < -0.3 is 9.84 Å². The van der Waals surface area contributed by atoms with Crippen molar-refractivity contribution in [1.82, 2.24) is 0 Å². The molecule has 16 heavy (non-hydrogen) atoms. The second kappa shape index (κ2) is 4.86. The number of benzene rings is 1. The molecule has 1 unspecified atom stereocenters. The van der Waals surface area contributed by atoms with Crippen molar-refractivity contribution in [3.63, 3.8) is 0 Å². The van der Waals surface area contributed by atoms with Gasteiger partial charge in [-0.2, -0.15) is 5.26 Å². The van der Waals surface area contributed by atoms with Gasteiger partial charge >= 0.3 is 0 Å². The Balaban J connectivity index is 3.18. The SMILES string of the molecule is COc1ccc(Br)c(C(O)C(C)(C)C#N)c1. The average molecular weight is 284 g/mol. The molecule has 1 rings (SSSR count). The molecule has 1 atom stereocenters. The van der Waals surface area contributed by atoms with E-state index in [0.717, 1.165) is 4.47 Å². The number of halogens is 1. The Morgan fingerprint density at radius 2 is 2.12 bits per heavy atom. The molecule has 0 fully saturated rings. The van der Waals surface area contributed by atoms with Gasteiger partial charge in [0.15, 0.2) is 0 Å². The van der Waals surface area contributed by atoms with Crippen molar-refractivity contribution in [2.24, 2.45) is 5.41 Å². The first-order valence-electron chi connectivity index (χ1n) is 4.85. The highest BCUT2D eigenvalue weighted by molar-refractivity contribution is 9.10. The van der Waals surface area contributed by atoms with Crippen LogP contribution in [-0.2, 0) is 0 Å². The van der Waals surface area contributed by atoms with Crippen LogP contribution in [0.5, 0.6) is 5.75 Å². The average Bonchev–Trinajstić information content (AvgIpc) is 2.29. The highest BCUT2D eigenvalue weighted by Crippen LogP contribution is 2.37. The summed E-state index contributed by atoms with van der Waals surface area (Å²) >= 11 is 3.36. The summed E-state index contributed by atoms with van der Waals surface area (Å²) in [5, 5.41) is 19.1. The van der Waals surface area contributed by atoms with Gasteiger partial charge in [-0.3, -0.25) is 0 Å². The van der Waals surface area contributed by atoms with Crippen LogP contribution in [0.4, 0.5) is 0 Å². The highest BCUT2D eigenvalue weighted by Gasteiger charge is 2.30. The quantitative estimate of drug-likeness (QED) is 0.928. The Hall–Kier alpha value is -1.05. The predicted molar refractivity (Wildman–Crippen MR) is 65.0 cm³/mol. The summed E-state index contributed by atoms with van der Waals surface area (Å²) in [6, 6.07) is 7.41. The third-order valence-corrected chi connectivity index (χ3v) is 3.19. The summed E-state index contributed by atoms with van der Waals surface area (Å²) in [6.45, 7) is 3.40. The number of nitrogens with zero attached hydrogens (tertiary/aromatic N) is 1. The van der Waals surface area contributed by atoms with E-state index >= 15 is 0 Å². The number of aliphatic hydroxyl groups is 1. The van der Waals surface area contributed by atoms with Crippen molar-refractivity contribution in [2.45, 2.75) is 20.0 Å². The molecule has 0 bridgehead atoms. The van der Waals surface area contributed by atoms with Gasteiger partial charge in [0.25, 0.3) is 0 Å². The van der Waals surface area contributed by atoms with Gasteiger partial charge in [-0.1, -0.05) is 15.9 Å². The zero-order chi connectivity index (χ0) is 12.3. The zero-order valence-electron chi connectivity index (χ0n) is 9.49. The summed E-state index contributed by atoms with van der Waals surface area (Å²) in [5.74, 6) is 0.658. The smallest absolute Gasteiger partial charge is 0.119 e. The Bertz CT molecular complexity index is 424. The fourth-order valence-corrected chi connectivity index (χ4v) is 1.77. The normalized spacial score (nSPS) is 13.0. The molecule has 0 heterocycles. The van der Waals surface area contributed by atoms with E-state index in [1.54, 1.807) is 39.2 Å². The fourth-order valence-electron chi connectivity index (χ4n) is 1.31. The molecule has 0 saturated carbocycles. The molecule has 0 radical (unpaired) electrons. The van der Waals surface area contributed by atoms with Crippen molar-refractivity contribution in [3.8, 4) is 11.8 Å². The molecule has 0 saturated heterocycles. The van der Waals surface area contributed by atoms with Crippen LogP contribution >= 0.6 is 15.9 Å². The third kappa shape index (κ3) is 2.55. The van der Waals surface area contributed by atoms with Crippen molar-refractivity contribution in [2.75, 3.05) is 7.11 Å². The van der Waals surface area contributed by atoms with Crippen LogP contribution in [-0.4, -0.2) is 12.2 Å². The van der Waals surface area contributed by atoms with Gasteiger partial charge in [-0.15, -0.1) is 0 Å². The van der Waals surface area contributed by atoms with Gasteiger partial charge in [0.2, 0.25) is 0 Å². The number of aliphatic hydroxyl groups excluding tert-OH is 1. The standard InChI is InChI=1S/C12H14BrNO2/c1-12(2,7-14)11(15)9-6-8(16-3)4-5-10(9)13/h4-6,11,15H,1-3H3. The van der Waals surface area contributed by atoms with Crippen molar-refractivity contribution in [3.05, 3.63) is 28.2 Å². The predicted octanol–water partition coefficient (Wildman–Crippen LogP) is 3.04. The largest absolute Gasteiger partial charge is 0.497 e. The number of rotatable bonds is 3. The lowest BCUT2D eigenvalue weighted by Crippen LogP contribution is -2.20. The molecule has 0 amide bonds. The maximum Gasteiger partial charge on any atom is 0.119 e. The second-order valence-electron chi connectivity index (χ2n) is 4.12. The zero-order valence-corrected chi connectivity index (χ0v) is 11.1. The summed E-state index contributed by atoms with van der Waals surface area (Å²) < 4.78 is 5.86. The minimum Gasteiger partial charge on any atom is -0.497 e. The molecular formula is C12H14BrNO2. The summed E-state index contributed by atoms with van der Waals surface area (Å²) in [4.78, 5) is 0. The lowest BCUT2D eigenvalue weighted by molar-refractivity contribution is 0.0859. The van der Waals surface area contributed by atoms with Crippen LogP contribution in [0.3, 0.4) is 0 Å². The van der Waals surface area contributed by atoms with Gasteiger partial charge in [-0.05, 0) is 37.6 Å². The first-order valence-corrected chi connectivity index (χ1v) is 5.64. The van der Waals surface area contributed by atoms with Gasteiger partial charge in [0.1, 0.15) is 5.75 Å². The van der Waals surface area contributed by atoms with E-state index in [0.29, 0.717) is 11.3 Å². The first-order chi connectivity index (χ1) is 7.42. The van der Waals surface area contributed by atoms with E-state index in [1.807, 2.05) is 0 Å². The van der Waals surface area contributed by atoms with Crippen LogP contribution in [0.1, 0.15) is 25.5 Å². The molecule has 0 spiro atoms. The maximum absolute atomic E-state index is 10.1. The molecule has 0 aromatic heterocycles. The molecule has 1 N–H and O–H groups in total.